The lowest BCUT2D eigenvalue weighted by Gasteiger charge is -2.09. The van der Waals surface area contributed by atoms with Gasteiger partial charge in [0.15, 0.2) is 0 Å². The maximum absolute atomic E-state index is 11.7. The largest absolute Gasteiger partial charge is 0.389 e. The second kappa shape index (κ2) is 4.15. The molecule has 0 radical (unpaired) electrons. The van der Waals surface area contributed by atoms with Crippen LogP contribution in [0.25, 0.3) is 0 Å². The van der Waals surface area contributed by atoms with E-state index in [0.29, 0.717) is 12.3 Å². The maximum Gasteiger partial charge on any atom is 0.389 e. The van der Waals surface area contributed by atoms with Gasteiger partial charge < -0.3 is 0 Å². The molecule has 0 aliphatic heterocycles. The fourth-order valence-corrected chi connectivity index (χ4v) is 1.89. The van der Waals surface area contributed by atoms with Gasteiger partial charge in [0.1, 0.15) is 0 Å². The molecule has 72 valence electrons. The zero-order valence-corrected chi connectivity index (χ0v) is 7.16. The lowest BCUT2D eigenvalue weighted by molar-refractivity contribution is -0.136. The molecule has 0 atom stereocenters. The fourth-order valence-electron chi connectivity index (χ4n) is 1.89. The van der Waals surface area contributed by atoms with E-state index >= 15 is 0 Å². The van der Waals surface area contributed by atoms with Crippen LogP contribution in [0, 0.1) is 5.92 Å². The van der Waals surface area contributed by atoms with Crippen LogP contribution in [0.15, 0.2) is 0 Å². The monoisotopic (exact) mass is 180 g/mol. The van der Waals surface area contributed by atoms with Gasteiger partial charge in [0.05, 0.1) is 0 Å². The molecule has 0 amide bonds. The molecule has 1 saturated carbocycles. The molecule has 0 bridgehead atoms. The van der Waals surface area contributed by atoms with Gasteiger partial charge >= 0.3 is 6.18 Å². The first kappa shape index (κ1) is 9.87. The number of hydrogen-bond acceptors (Lipinski definition) is 0. The zero-order valence-electron chi connectivity index (χ0n) is 7.16. The van der Waals surface area contributed by atoms with Crippen LogP contribution in [0.4, 0.5) is 13.2 Å². The molecule has 0 heterocycles. The number of rotatable bonds is 3. The Morgan fingerprint density at radius 1 is 1.08 bits per heavy atom. The van der Waals surface area contributed by atoms with Crippen molar-refractivity contribution in [1.29, 1.82) is 0 Å². The van der Waals surface area contributed by atoms with Gasteiger partial charge in [-0.25, -0.2) is 0 Å². The summed E-state index contributed by atoms with van der Waals surface area (Å²) >= 11 is 0. The molecule has 1 rings (SSSR count). The molecule has 12 heavy (non-hydrogen) atoms. The number of hydrogen-bond donors (Lipinski definition) is 0. The van der Waals surface area contributed by atoms with Crippen LogP contribution < -0.4 is 0 Å². The Morgan fingerprint density at radius 3 is 2.17 bits per heavy atom. The summed E-state index contributed by atoms with van der Waals surface area (Å²) in [6, 6.07) is 0. The van der Waals surface area contributed by atoms with Gasteiger partial charge in [-0.15, -0.1) is 0 Å². The minimum Gasteiger partial charge on any atom is -0.171 e. The molecule has 0 nitrogen and oxygen atoms in total. The fraction of sp³-hybridized carbons (Fsp3) is 1.00. The quantitative estimate of drug-likeness (QED) is 0.617. The summed E-state index contributed by atoms with van der Waals surface area (Å²) in [6.45, 7) is 0. The van der Waals surface area contributed by atoms with E-state index in [1.807, 2.05) is 0 Å². The smallest absolute Gasteiger partial charge is 0.171 e. The molecule has 0 spiro atoms. The lowest BCUT2D eigenvalue weighted by Crippen LogP contribution is -2.07. The van der Waals surface area contributed by atoms with E-state index in [1.165, 1.54) is 12.8 Å². The molecule has 0 aromatic rings. The molecule has 1 fully saturated rings. The van der Waals surface area contributed by atoms with Crippen LogP contribution in [0.1, 0.15) is 44.9 Å². The Labute approximate surface area is 71.1 Å². The molecule has 3 heteroatoms. The summed E-state index contributed by atoms with van der Waals surface area (Å²) in [5.41, 5.74) is 0. The van der Waals surface area contributed by atoms with Gasteiger partial charge in [-0.1, -0.05) is 32.1 Å². The first-order valence-electron chi connectivity index (χ1n) is 4.65. The first-order valence-corrected chi connectivity index (χ1v) is 4.65. The van der Waals surface area contributed by atoms with Crippen molar-refractivity contribution in [2.24, 2.45) is 5.92 Å². The van der Waals surface area contributed by atoms with Gasteiger partial charge in [0, 0.05) is 6.42 Å². The highest BCUT2D eigenvalue weighted by Gasteiger charge is 2.27. The van der Waals surface area contributed by atoms with Crippen molar-refractivity contribution in [3.05, 3.63) is 0 Å². The maximum atomic E-state index is 11.7. The minimum absolute atomic E-state index is 0.328. The predicted octanol–water partition coefficient (Wildman–Crippen LogP) is 3.91. The number of halogens is 3. The first-order chi connectivity index (χ1) is 5.58. The molecule has 0 aromatic heterocycles. The van der Waals surface area contributed by atoms with Crippen molar-refractivity contribution < 1.29 is 13.2 Å². The SMILES string of the molecule is FC(F)(F)CCCC1CCCC1. The topological polar surface area (TPSA) is 0 Å². The van der Waals surface area contributed by atoms with Crippen molar-refractivity contribution in [3.8, 4) is 0 Å². The second-order valence-electron chi connectivity index (χ2n) is 3.66. The molecule has 1 aliphatic rings. The normalized spacial score (nSPS) is 20.2. The summed E-state index contributed by atoms with van der Waals surface area (Å²) in [7, 11) is 0. The summed E-state index contributed by atoms with van der Waals surface area (Å²) in [5.74, 6) is 0.590. The third-order valence-electron chi connectivity index (χ3n) is 2.55. The highest BCUT2D eigenvalue weighted by atomic mass is 19.4. The van der Waals surface area contributed by atoms with Crippen LogP contribution in [0.5, 0.6) is 0 Å². The van der Waals surface area contributed by atoms with Gasteiger partial charge in [0.25, 0.3) is 0 Å². The Kier molecular flexibility index (Phi) is 3.41. The van der Waals surface area contributed by atoms with Crippen LogP contribution in [0.2, 0.25) is 0 Å². The Balaban J connectivity index is 2.02. The third kappa shape index (κ3) is 3.98. The standard InChI is InChI=1S/C9H15F3/c10-9(11,12)7-3-6-8-4-1-2-5-8/h8H,1-7H2. The summed E-state index contributed by atoms with van der Waals surface area (Å²) < 4.78 is 35.2. The van der Waals surface area contributed by atoms with E-state index < -0.39 is 12.6 Å². The van der Waals surface area contributed by atoms with Crippen LogP contribution >= 0.6 is 0 Å². The molecule has 0 unspecified atom stereocenters. The van der Waals surface area contributed by atoms with E-state index in [2.05, 4.69) is 0 Å². The van der Waals surface area contributed by atoms with E-state index in [1.54, 1.807) is 0 Å². The van der Waals surface area contributed by atoms with Crippen molar-refractivity contribution in [2.45, 2.75) is 51.1 Å². The highest BCUT2D eigenvalue weighted by molar-refractivity contribution is 4.67. The van der Waals surface area contributed by atoms with E-state index in [0.717, 1.165) is 19.3 Å². The van der Waals surface area contributed by atoms with Crippen LogP contribution in [-0.2, 0) is 0 Å². The molecule has 0 saturated heterocycles. The number of alkyl halides is 3. The van der Waals surface area contributed by atoms with Crippen molar-refractivity contribution in [2.75, 3.05) is 0 Å². The molecule has 0 N–H and O–H groups in total. The summed E-state index contributed by atoms with van der Waals surface area (Å²) in [4.78, 5) is 0. The van der Waals surface area contributed by atoms with Gasteiger partial charge in [-0.3, -0.25) is 0 Å². The average Bonchev–Trinajstić information content (AvgIpc) is 2.36. The average molecular weight is 180 g/mol. The summed E-state index contributed by atoms with van der Waals surface area (Å²) in [6.07, 6.45) is 1.30. The Morgan fingerprint density at radius 2 is 1.67 bits per heavy atom. The Hall–Kier alpha value is -0.210. The third-order valence-corrected chi connectivity index (χ3v) is 2.55. The Bertz CT molecular complexity index is 122. The van der Waals surface area contributed by atoms with E-state index in [9.17, 15) is 13.2 Å². The molecular formula is C9H15F3. The van der Waals surface area contributed by atoms with Crippen molar-refractivity contribution in [3.63, 3.8) is 0 Å². The molecule has 0 aromatic carbocycles. The zero-order chi connectivity index (χ0) is 9.03. The second-order valence-corrected chi connectivity index (χ2v) is 3.66. The van der Waals surface area contributed by atoms with Crippen molar-refractivity contribution in [1.82, 2.24) is 0 Å². The van der Waals surface area contributed by atoms with Gasteiger partial charge in [-0.05, 0) is 12.3 Å². The van der Waals surface area contributed by atoms with Gasteiger partial charge in [-0.2, -0.15) is 13.2 Å². The molecule has 1 aliphatic carbocycles. The summed E-state index contributed by atoms with van der Waals surface area (Å²) in [5, 5.41) is 0. The van der Waals surface area contributed by atoms with Gasteiger partial charge in [0.2, 0.25) is 0 Å². The predicted molar refractivity (Wildman–Crippen MR) is 41.9 cm³/mol. The van der Waals surface area contributed by atoms with Crippen LogP contribution in [0.3, 0.4) is 0 Å². The minimum atomic E-state index is -3.95. The van der Waals surface area contributed by atoms with E-state index in [-0.39, 0.29) is 0 Å². The van der Waals surface area contributed by atoms with Crippen LogP contribution in [-0.4, -0.2) is 6.18 Å². The van der Waals surface area contributed by atoms with E-state index in [4.69, 9.17) is 0 Å². The lowest BCUT2D eigenvalue weighted by atomic mass is 10.0. The highest BCUT2D eigenvalue weighted by Crippen LogP contribution is 2.31. The van der Waals surface area contributed by atoms with Crippen molar-refractivity contribution >= 4 is 0 Å². The molecular weight excluding hydrogens is 165 g/mol.